The van der Waals surface area contributed by atoms with E-state index in [1.807, 2.05) is 30.3 Å². The van der Waals surface area contributed by atoms with Crippen LogP contribution in [0.5, 0.6) is 0 Å². The lowest BCUT2D eigenvalue weighted by Gasteiger charge is -2.09. The third-order valence-corrected chi connectivity index (χ3v) is 6.11. The van der Waals surface area contributed by atoms with E-state index in [-0.39, 0.29) is 23.1 Å². The standard InChI is InChI=1S/C24H25N3O4S/c1-18(28)26-21-9-7-20(8-10-21)17-24(29)27-22-11-13-23(14-12-22)32(30,31)25-16-15-19-5-3-2-4-6-19/h2-14,25H,15-17H2,1H3,(H,26,28)(H,27,29). The maximum absolute atomic E-state index is 12.5. The highest BCUT2D eigenvalue weighted by Crippen LogP contribution is 2.15. The number of benzene rings is 3. The molecule has 0 spiro atoms. The van der Waals surface area contributed by atoms with Crippen molar-refractivity contribution in [2.24, 2.45) is 0 Å². The van der Waals surface area contributed by atoms with E-state index in [1.54, 1.807) is 36.4 Å². The zero-order valence-electron chi connectivity index (χ0n) is 17.7. The van der Waals surface area contributed by atoms with Crippen LogP contribution in [-0.4, -0.2) is 26.8 Å². The van der Waals surface area contributed by atoms with Crippen LogP contribution < -0.4 is 15.4 Å². The monoisotopic (exact) mass is 451 g/mol. The van der Waals surface area contributed by atoms with Gasteiger partial charge in [0.2, 0.25) is 21.8 Å². The van der Waals surface area contributed by atoms with Crippen LogP contribution >= 0.6 is 0 Å². The minimum atomic E-state index is -3.63. The SMILES string of the molecule is CC(=O)Nc1ccc(CC(=O)Nc2ccc(S(=O)(=O)NCCc3ccccc3)cc2)cc1. The fraction of sp³-hybridized carbons (Fsp3) is 0.167. The van der Waals surface area contributed by atoms with Crippen LogP contribution in [0.2, 0.25) is 0 Å². The van der Waals surface area contributed by atoms with E-state index in [1.165, 1.54) is 19.1 Å². The molecule has 3 rings (SSSR count). The minimum Gasteiger partial charge on any atom is -0.326 e. The lowest BCUT2D eigenvalue weighted by molar-refractivity contribution is -0.116. The van der Waals surface area contributed by atoms with Crippen LogP contribution in [0.3, 0.4) is 0 Å². The summed E-state index contributed by atoms with van der Waals surface area (Å²) in [6, 6.07) is 22.7. The van der Waals surface area contributed by atoms with Gasteiger partial charge in [0.15, 0.2) is 0 Å². The fourth-order valence-corrected chi connectivity index (χ4v) is 4.11. The minimum absolute atomic E-state index is 0.136. The van der Waals surface area contributed by atoms with Gasteiger partial charge in [-0.1, -0.05) is 42.5 Å². The summed E-state index contributed by atoms with van der Waals surface area (Å²) in [4.78, 5) is 23.5. The summed E-state index contributed by atoms with van der Waals surface area (Å²) < 4.78 is 27.5. The summed E-state index contributed by atoms with van der Waals surface area (Å²) in [5, 5.41) is 5.43. The summed E-state index contributed by atoms with van der Waals surface area (Å²) >= 11 is 0. The second-order valence-corrected chi connectivity index (χ2v) is 9.03. The molecule has 166 valence electrons. The number of carbonyl (C=O) groups is 2. The molecule has 3 N–H and O–H groups in total. The van der Waals surface area contributed by atoms with Gasteiger partial charge in [0.05, 0.1) is 11.3 Å². The van der Waals surface area contributed by atoms with Gasteiger partial charge < -0.3 is 10.6 Å². The number of hydrogen-bond donors (Lipinski definition) is 3. The van der Waals surface area contributed by atoms with E-state index in [0.717, 1.165) is 11.1 Å². The number of sulfonamides is 1. The van der Waals surface area contributed by atoms with E-state index in [0.29, 0.717) is 24.3 Å². The van der Waals surface area contributed by atoms with Crippen molar-refractivity contribution in [2.75, 3.05) is 17.2 Å². The van der Waals surface area contributed by atoms with Crippen molar-refractivity contribution < 1.29 is 18.0 Å². The molecule has 0 atom stereocenters. The molecule has 0 bridgehead atoms. The predicted octanol–water partition coefficient (Wildman–Crippen LogP) is 3.35. The summed E-state index contributed by atoms with van der Waals surface area (Å²) in [5.41, 5.74) is 3.01. The van der Waals surface area contributed by atoms with Gasteiger partial charge in [-0.05, 0) is 53.9 Å². The molecule has 0 aromatic heterocycles. The average Bonchev–Trinajstić information content (AvgIpc) is 2.76. The summed E-state index contributed by atoms with van der Waals surface area (Å²) in [7, 11) is -3.63. The van der Waals surface area contributed by atoms with E-state index in [9.17, 15) is 18.0 Å². The van der Waals surface area contributed by atoms with Gasteiger partial charge in [-0.15, -0.1) is 0 Å². The van der Waals surface area contributed by atoms with Crippen LogP contribution in [0.4, 0.5) is 11.4 Å². The number of anilines is 2. The molecule has 8 heteroatoms. The number of amides is 2. The summed E-state index contributed by atoms with van der Waals surface area (Å²) in [6.45, 7) is 1.73. The Bertz CT molecular complexity index is 1160. The molecule has 0 fully saturated rings. The van der Waals surface area contributed by atoms with Gasteiger partial charge in [0.1, 0.15) is 0 Å². The van der Waals surface area contributed by atoms with E-state index < -0.39 is 10.0 Å². The maximum Gasteiger partial charge on any atom is 0.240 e. The summed E-state index contributed by atoms with van der Waals surface area (Å²) in [5.74, 6) is -0.388. The maximum atomic E-state index is 12.5. The molecule has 32 heavy (non-hydrogen) atoms. The van der Waals surface area contributed by atoms with Crippen LogP contribution in [0.25, 0.3) is 0 Å². The first-order valence-corrected chi connectivity index (χ1v) is 11.6. The van der Waals surface area contributed by atoms with Gasteiger partial charge in [-0.3, -0.25) is 9.59 Å². The largest absolute Gasteiger partial charge is 0.326 e. The van der Waals surface area contributed by atoms with Gasteiger partial charge >= 0.3 is 0 Å². The molecular formula is C24H25N3O4S. The van der Waals surface area contributed by atoms with Gasteiger partial charge in [0.25, 0.3) is 0 Å². The number of carbonyl (C=O) groups excluding carboxylic acids is 2. The van der Waals surface area contributed by atoms with Crippen molar-refractivity contribution in [1.29, 1.82) is 0 Å². The zero-order valence-corrected chi connectivity index (χ0v) is 18.5. The Kier molecular flexibility index (Phi) is 7.75. The second-order valence-electron chi connectivity index (χ2n) is 7.26. The Morgan fingerprint density at radius 2 is 1.34 bits per heavy atom. The Morgan fingerprint density at radius 3 is 1.97 bits per heavy atom. The molecule has 2 amide bonds. The van der Waals surface area contributed by atoms with Crippen molar-refractivity contribution in [3.8, 4) is 0 Å². The van der Waals surface area contributed by atoms with E-state index in [4.69, 9.17) is 0 Å². The predicted molar refractivity (Wildman–Crippen MR) is 125 cm³/mol. The Morgan fingerprint density at radius 1 is 0.750 bits per heavy atom. The van der Waals surface area contributed by atoms with Crippen molar-refractivity contribution in [3.63, 3.8) is 0 Å². The molecule has 0 saturated heterocycles. The topological polar surface area (TPSA) is 104 Å². The average molecular weight is 452 g/mol. The molecule has 0 heterocycles. The highest BCUT2D eigenvalue weighted by Gasteiger charge is 2.13. The molecule has 0 aliphatic carbocycles. The highest BCUT2D eigenvalue weighted by atomic mass is 32.2. The first-order valence-electron chi connectivity index (χ1n) is 10.1. The Hall–Kier alpha value is -3.49. The molecule has 0 unspecified atom stereocenters. The van der Waals surface area contributed by atoms with Gasteiger partial charge in [0, 0.05) is 24.8 Å². The number of hydrogen-bond acceptors (Lipinski definition) is 4. The van der Waals surface area contributed by atoms with Gasteiger partial charge in [-0.25, -0.2) is 13.1 Å². The second kappa shape index (κ2) is 10.7. The summed E-state index contributed by atoms with van der Waals surface area (Å²) in [6.07, 6.45) is 0.751. The zero-order chi connectivity index (χ0) is 23.0. The molecular weight excluding hydrogens is 426 g/mol. The van der Waals surface area contributed by atoms with Gasteiger partial charge in [-0.2, -0.15) is 0 Å². The van der Waals surface area contributed by atoms with Crippen molar-refractivity contribution >= 4 is 33.2 Å². The third-order valence-electron chi connectivity index (χ3n) is 4.64. The molecule has 0 aliphatic heterocycles. The van der Waals surface area contributed by atoms with Crippen molar-refractivity contribution in [1.82, 2.24) is 4.72 Å². The molecule has 0 radical (unpaired) electrons. The molecule has 0 aliphatic rings. The quantitative estimate of drug-likeness (QED) is 0.464. The molecule has 3 aromatic carbocycles. The van der Waals surface area contributed by atoms with E-state index in [2.05, 4.69) is 15.4 Å². The normalized spacial score (nSPS) is 11.0. The van der Waals surface area contributed by atoms with Crippen molar-refractivity contribution in [3.05, 3.63) is 90.0 Å². The molecule has 7 nitrogen and oxygen atoms in total. The molecule has 3 aromatic rings. The Balaban J connectivity index is 1.52. The third kappa shape index (κ3) is 7.04. The first kappa shape index (κ1) is 23.2. The molecule has 0 saturated carbocycles. The highest BCUT2D eigenvalue weighted by molar-refractivity contribution is 7.89. The number of rotatable bonds is 9. The number of nitrogens with one attached hydrogen (secondary N) is 3. The van der Waals surface area contributed by atoms with Crippen molar-refractivity contribution in [2.45, 2.75) is 24.7 Å². The van der Waals surface area contributed by atoms with Crippen LogP contribution in [-0.2, 0) is 32.5 Å². The van der Waals surface area contributed by atoms with E-state index >= 15 is 0 Å². The fourth-order valence-electron chi connectivity index (χ4n) is 3.07. The Labute approximate surface area is 187 Å². The first-order chi connectivity index (χ1) is 15.3. The van der Waals surface area contributed by atoms with Crippen LogP contribution in [0.15, 0.2) is 83.8 Å². The lowest BCUT2D eigenvalue weighted by atomic mass is 10.1. The lowest BCUT2D eigenvalue weighted by Crippen LogP contribution is -2.26. The van der Waals surface area contributed by atoms with Crippen LogP contribution in [0, 0.1) is 0 Å². The van der Waals surface area contributed by atoms with Crippen LogP contribution in [0.1, 0.15) is 18.1 Å². The smallest absolute Gasteiger partial charge is 0.240 e.